The third-order valence-electron chi connectivity index (χ3n) is 2.17. The van der Waals surface area contributed by atoms with Gasteiger partial charge in [0.1, 0.15) is 11.4 Å². The molecule has 2 unspecified atom stereocenters. The second-order valence-corrected chi connectivity index (χ2v) is 4.31. The zero-order valence-electron chi connectivity index (χ0n) is 10.4. The standard InChI is InChI=1S/C10H18ClN3O3/c1-5-14(4)9(16)7(3)12-10(17)13-8(15)6(2)11/h6-7H,5H2,1-4H3,(H2,12,13,15,17). The SMILES string of the molecule is CCN(C)C(=O)C(C)NC(=O)NC(=O)C(C)Cl. The third kappa shape index (κ3) is 5.53. The van der Waals surface area contributed by atoms with E-state index >= 15 is 0 Å². The smallest absolute Gasteiger partial charge is 0.322 e. The molecule has 0 saturated carbocycles. The molecule has 2 N–H and O–H groups in total. The van der Waals surface area contributed by atoms with Crippen LogP contribution in [0.3, 0.4) is 0 Å². The van der Waals surface area contributed by atoms with Gasteiger partial charge in [0.2, 0.25) is 11.8 Å². The number of nitrogens with zero attached hydrogens (tertiary/aromatic N) is 1. The van der Waals surface area contributed by atoms with E-state index in [9.17, 15) is 14.4 Å². The maximum absolute atomic E-state index is 11.6. The maximum Gasteiger partial charge on any atom is 0.322 e. The Morgan fingerprint density at radius 3 is 2.24 bits per heavy atom. The average molecular weight is 264 g/mol. The van der Waals surface area contributed by atoms with E-state index in [1.807, 2.05) is 12.2 Å². The van der Waals surface area contributed by atoms with Crippen LogP contribution in [0.4, 0.5) is 4.79 Å². The molecule has 2 atom stereocenters. The van der Waals surface area contributed by atoms with Gasteiger partial charge in [-0.2, -0.15) is 0 Å². The normalized spacial score (nSPS) is 13.5. The fourth-order valence-corrected chi connectivity index (χ4v) is 1.05. The molecule has 0 aliphatic rings. The molecular weight excluding hydrogens is 246 g/mol. The lowest BCUT2D eigenvalue weighted by molar-refractivity contribution is -0.131. The number of nitrogens with one attached hydrogen (secondary N) is 2. The van der Waals surface area contributed by atoms with Gasteiger partial charge in [-0.05, 0) is 20.8 Å². The minimum Gasteiger partial charge on any atom is -0.344 e. The van der Waals surface area contributed by atoms with Crippen LogP contribution in [-0.2, 0) is 9.59 Å². The number of urea groups is 1. The predicted molar refractivity (Wildman–Crippen MR) is 64.8 cm³/mol. The number of halogens is 1. The van der Waals surface area contributed by atoms with E-state index in [0.717, 1.165) is 0 Å². The van der Waals surface area contributed by atoms with Gasteiger partial charge in [0.25, 0.3) is 0 Å². The first-order valence-corrected chi connectivity index (χ1v) is 5.73. The second-order valence-electron chi connectivity index (χ2n) is 3.65. The number of carbonyl (C=O) groups excluding carboxylic acids is 3. The molecule has 0 aromatic heterocycles. The van der Waals surface area contributed by atoms with Crippen LogP contribution in [0.25, 0.3) is 0 Å². The summed E-state index contributed by atoms with van der Waals surface area (Å²) in [4.78, 5) is 35.5. The first-order valence-electron chi connectivity index (χ1n) is 5.30. The highest BCUT2D eigenvalue weighted by Gasteiger charge is 2.20. The van der Waals surface area contributed by atoms with E-state index < -0.39 is 23.4 Å². The van der Waals surface area contributed by atoms with Crippen molar-refractivity contribution in [1.82, 2.24) is 15.5 Å². The summed E-state index contributed by atoms with van der Waals surface area (Å²) in [5, 5.41) is 3.59. The molecule has 4 amide bonds. The van der Waals surface area contributed by atoms with Gasteiger partial charge in [0.05, 0.1) is 0 Å². The van der Waals surface area contributed by atoms with Crippen LogP contribution in [0.1, 0.15) is 20.8 Å². The van der Waals surface area contributed by atoms with E-state index in [-0.39, 0.29) is 5.91 Å². The van der Waals surface area contributed by atoms with E-state index in [1.165, 1.54) is 11.8 Å². The number of hydrogen-bond donors (Lipinski definition) is 2. The lowest BCUT2D eigenvalue weighted by Crippen LogP contribution is -2.50. The molecule has 0 radical (unpaired) electrons. The van der Waals surface area contributed by atoms with Crippen molar-refractivity contribution in [3.8, 4) is 0 Å². The van der Waals surface area contributed by atoms with Gasteiger partial charge < -0.3 is 10.2 Å². The molecule has 98 valence electrons. The van der Waals surface area contributed by atoms with E-state index in [0.29, 0.717) is 6.54 Å². The Kier molecular flexibility index (Phi) is 6.57. The number of hydrogen-bond acceptors (Lipinski definition) is 3. The third-order valence-corrected chi connectivity index (χ3v) is 2.36. The number of alkyl halides is 1. The van der Waals surface area contributed by atoms with E-state index in [1.54, 1.807) is 14.0 Å². The van der Waals surface area contributed by atoms with Crippen molar-refractivity contribution in [3.63, 3.8) is 0 Å². The Bertz CT molecular complexity index is 307. The minimum atomic E-state index is -0.801. The van der Waals surface area contributed by atoms with Crippen LogP contribution in [0.5, 0.6) is 0 Å². The fraction of sp³-hybridized carbons (Fsp3) is 0.700. The van der Waals surface area contributed by atoms with Gasteiger partial charge in [-0.25, -0.2) is 4.79 Å². The summed E-state index contributed by atoms with van der Waals surface area (Å²) in [5.74, 6) is -0.832. The molecule has 0 aliphatic carbocycles. The molecule has 0 fully saturated rings. The molecule has 6 nitrogen and oxygen atoms in total. The Morgan fingerprint density at radius 1 is 1.29 bits per heavy atom. The zero-order valence-corrected chi connectivity index (χ0v) is 11.2. The fourth-order valence-electron chi connectivity index (χ4n) is 0.992. The van der Waals surface area contributed by atoms with Gasteiger partial charge in [-0.15, -0.1) is 11.6 Å². The largest absolute Gasteiger partial charge is 0.344 e. The molecule has 0 spiro atoms. The molecule has 0 rings (SSSR count). The van der Waals surface area contributed by atoms with Gasteiger partial charge in [-0.3, -0.25) is 14.9 Å². The van der Waals surface area contributed by atoms with Crippen LogP contribution in [0, 0.1) is 0 Å². The molecule has 17 heavy (non-hydrogen) atoms. The Morgan fingerprint density at radius 2 is 1.82 bits per heavy atom. The number of carbonyl (C=O) groups is 3. The lowest BCUT2D eigenvalue weighted by Gasteiger charge is -2.20. The highest BCUT2D eigenvalue weighted by atomic mass is 35.5. The lowest BCUT2D eigenvalue weighted by atomic mass is 10.3. The Labute approximate surface area is 106 Å². The van der Waals surface area contributed by atoms with Crippen LogP contribution in [0.15, 0.2) is 0 Å². The highest BCUT2D eigenvalue weighted by Crippen LogP contribution is 1.94. The van der Waals surface area contributed by atoms with E-state index in [2.05, 4.69) is 5.32 Å². The summed E-state index contributed by atoms with van der Waals surface area (Å²) in [6.07, 6.45) is 0. The quantitative estimate of drug-likeness (QED) is 0.717. The van der Waals surface area contributed by atoms with Gasteiger partial charge in [-0.1, -0.05) is 0 Å². The molecular formula is C10H18ClN3O3. The van der Waals surface area contributed by atoms with Crippen LogP contribution in [0.2, 0.25) is 0 Å². The Balaban J connectivity index is 4.21. The molecule has 0 bridgehead atoms. The van der Waals surface area contributed by atoms with Gasteiger partial charge >= 0.3 is 6.03 Å². The summed E-state index contributed by atoms with van der Waals surface area (Å²) >= 11 is 5.48. The van der Waals surface area contributed by atoms with Gasteiger partial charge in [0.15, 0.2) is 0 Å². The van der Waals surface area contributed by atoms with E-state index in [4.69, 9.17) is 11.6 Å². The molecule has 0 aromatic carbocycles. The summed E-state index contributed by atoms with van der Waals surface area (Å²) in [5.41, 5.74) is 0. The van der Waals surface area contributed by atoms with Crippen molar-refractivity contribution in [3.05, 3.63) is 0 Å². The van der Waals surface area contributed by atoms with Crippen molar-refractivity contribution < 1.29 is 14.4 Å². The van der Waals surface area contributed by atoms with Crippen LogP contribution >= 0.6 is 11.6 Å². The zero-order chi connectivity index (χ0) is 13.6. The Hall–Kier alpha value is -1.30. The molecule has 0 aliphatic heterocycles. The van der Waals surface area contributed by atoms with Crippen molar-refractivity contribution >= 4 is 29.4 Å². The van der Waals surface area contributed by atoms with Gasteiger partial charge in [0, 0.05) is 13.6 Å². The summed E-state index contributed by atoms with van der Waals surface area (Å²) < 4.78 is 0. The van der Waals surface area contributed by atoms with Crippen molar-refractivity contribution in [1.29, 1.82) is 0 Å². The first-order chi connectivity index (χ1) is 7.79. The molecule has 0 heterocycles. The average Bonchev–Trinajstić information content (AvgIpc) is 2.26. The number of rotatable bonds is 4. The number of likely N-dealkylation sites (N-methyl/N-ethyl adjacent to an activating group) is 1. The summed E-state index contributed by atoms with van der Waals surface area (Å²) in [6, 6.07) is -1.42. The highest BCUT2D eigenvalue weighted by molar-refractivity contribution is 6.31. The summed E-state index contributed by atoms with van der Waals surface area (Å²) in [7, 11) is 1.63. The first kappa shape index (κ1) is 15.7. The maximum atomic E-state index is 11.6. The van der Waals surface area contributed by atoms with Crippen molar-refractivity contribution in [2.24, 2.45) is 0 Å². The van der Waals surface area contributed by atoms with Crippen molar-refractivity contribution in [2.45, 2.75) is 32.2 Å². The van der Waals surface area contributed by atoms with Crippen LogP contribution < -0.4 is 10.6 Å². The minimum absolute atomic E-state index is 0.228. The number of imide groups is 1. The van der Waals surface area contributed by atoms with Crippen molar-refractivity contribution in [2.75, 3.05) is 13.6 Å². The second kappa shape index (κ2) is 7.11. The molecule has 7 heteroatoms. The molecule has 0 saturated heterocycles. The predicted octanol–water partition coefficient (Wildman–Crippen LogP) is 0.306. The molecule has 0 aromatic rings. The summed E-state index contributed by atoms with van der Waals surface area (Å²) in [6.45, 7) is 5.36. The monoisotopic (exact) mass is 263 g/mol. The number of amides is 4. The topological polar surface area (TPSA) is 78.5 Å². The van der Waals surface area contributed by atoms with Crippen LogP contribution in [-0.4, -0.2) is 47.8 Å².